The molecule has 2 unspecified atom stereocenters. The summed E-state index contributed by atoms with van der Waals surface area (Å²) in [4.78, 5) is 16.9. The fraction of sp³-hybridized carbons (Fsp3) is 0.462. The van der Waals surface area contributed by atoms with E-state index < -0.39 is 6.23 Å². The van der Waals surface area contributed by atoms with Crippen LogP contribution in [-0.4, -0.2) is 46.9 Å². The van der Waals surface area contributed by atoms with Crippen LogP contribution in [0.1, 0.15) is 50.5 Å². The smallest absolute Gasteiger partial charge is 0.230 e. The van der Waals surface area contributed by atoms with Crippen molar-refractivity contribution in [3.8, 4) is 0 Å². The number of anilines is 3. The summed E-state index contributed by atoms with van der Waals surface area (Å²) in [6.45, 7) is 0.821. The van der Waals surface area contributed by atoms with E-state index in [9.17, 15) is 9.90 Å². The first-order chi connectivity index (χ1) is 16.5. The number of hydrogen-bond donors (Lipinski definition) is 4. The second-order valence-electron chi connectivity index (χ2n) is 9.64. The van der Waals surface area contributed by atoms with Crippen molar-refractivity contribution < 1.29 is 15.1 Å². The Balaban J connectivity index is 1.29. The molecule has 1 saturated carbocycles. The highest BCUT2D eigenvalue weighted by Gasteiger charge is 2.40. The molecule has 5 N–H and O–H groups in total. The molecule has 2 bridgehead atoms. The summed E-state index contributed by atoms with van der Waals surface area (Å²) in [6, 6.07) is 15.6. The lowest BCUT2D eigenvalue weighted by atomic mass is 9.79. The third-order valence-corrected chi connectivity index (χ3v) is 7.60. The van der Waals surface area contributed by atoms with Gasteiger partial charge in [-0.1, -0.05) is 17.3 Å². The van der Waals surface area contributed by atoms with Crippen LogP contribution in [0, 0.1) is 5.92 Å². The summed E-state index contributed by atoms with van der Waals surface area (Å²) in [5.74, 6) is 0.504. The van der Waals surface area contributed by atoms with Gasteiger partial charge in [0, 0.05) is 41.1 Å². The molecule has 6 rings (SSSR count). The number of oxime groups is 1. The Bertz CT molecular complexity index is 1050. The molecule has 2 atom stereocenters. The summed E-state index contributed by atoms with van der Waals surface area (Å²) in [6.07, 6.45) is 6.37. The molecule has 180 valence electrons. The van der Waals surface area contributed by atoms with Crippen LogP contribution in [0.2, 0.25) is 0 Å². The molecule has 2 aromatic carbocycles. The van der Waals surface area contributed by atoms with E-state index in [1.165, 1.54) is 0 Å². The molecule has 4 aliphatic rings. The highest BCUT2D eigenvalue weighted by molar-refractivity contribution is 5.98. The maximum atomic E-state index is 12.7. The van der Waals surface area contributed by atoms with E-state index in [1.54, 1.807) is 6.07 Å². The van der Waals surface area contributed by atoms with Crippen molar-refractivity contribution in [2.45, 2.75) is 63.3 Å². The Morgan fingerprint density at radius 2 is 1.79 bits per heavy atom. The fourth-order valence-corrected chi connectivity index (χ4v) is 5.79. The van der Waals surface area contributed by atoms with Gasteiger partial charge in [0.15, 0.2) is 5.84 Å². The monoisotopic (exact) mass is 463 g/mol. The van der Waals surface area contributed by atoms with E-state index in [2.05, 4.69) is 15.4 Å². The van der Waals surface area contributed by atoms with Gasteiger partial charge >= 0.3 is 0 Å². The number of aliphatic hydroxyl groups excluding tert-OH is 1. The van der Waals surface area contributed by atoms with Crippen LogP contribution in [0.5, 0.6) is 0 Å². The minimum atomic E-state index is -0.772. The summed E-state index contributed by atoms with van der Waals surface area (Å²) < 4.78 is 0. The van der Waals surface area contributed by atoms with E-state index >= 15 is 0 Å². The van der Waals surface area contributed by atoms with E-state index in [4.69, 9.17) is 10.9 Å². The zero-order valence-electron chi connectivity index (χ0n) is 19.3. The van der Waals surface area contributed by atoms with Gasteiger partial charge in [-0.05, 0) is 81.3 Å². The molecule has 3 aliphatic heterocycles. The van der Waals surface area contributed by atoms with Crippen molar-refractivity contribution >= 4 is 28.8 Å². The number of amidine groups is 1. The first-order valence-electron chi connectivity index (χ1n) is 12.3. The van der Waals surface area contributed by atoms with Crippen LogP contribution in [-0.2, 0) is 4.79 Å². The van der Waals surface area contributed by atoms with Crippen LogP contribution < -0.4 is 20.9 Å². The number of hydrogen-bond acceptors (Lipinski definition) is 6. The minimum absolute atomic E-state index is 0.0644. The van der Waals surface area contributed by atoms with Crippen molar-refractivity contribution in [1.29, 1.82) is 0 Å². The van der Waals surface area contributed by atoms with Gasteiger partial charge in [-0.2, -0.15) is 0 Å². The normalized spacial score (nSPS) is 26.0. The quantitative estimate of drug-likeness (QED) is 0.171. The molecule has 0 aromatic heterocycles. The van der Waals surface area contributed by atoms with Gasteiger partial charge in [-0.25, -0.2) is 0 Å². The molecule has 2 aromatic rings. The van der Waals surface area contributed by atoms with Crippen molar-refractivity contribution in [2.24, 2.45) is 16.8 Å². The molecule has 1 aliphatic carbocycles. The number of carbonyl (C=O) groups is 1. The van der Waals surface area contributed by atoms with Crippen LogP contribution >= 0.6 is 0 Å². The molecule has 3 heterocycles. The van der Waals surface area contributed by atoms with E-state index in [1.807, 2.05) is 47.4 Å². The van der Waals surface area contributed by atoms with Crippen LogP contribution in [0.4, 0.5) is 17.1 Å². The van der Waals surface area contributed by atoms with E-state index in [0.29, 0.717) is 11.6 Å². The van der Waals surface area contributed by atoms with Crippen LogP contribution in [0.25, 0.3) is 0 Å². The zero-order chi connectivity index (χ0) is 23.7. The first-order valence-corrected chi connectivity index (χ1v) is 12.3. The number of nitrogens with zero attached hydrogens (tertiary/aromatic N) is 3. The third-order valence-electron chi connectivity index (χ3n) is 7.60. The second-order valence-corrected chi connectivity index (χ2v) is 9.64. The number of rotatable bonds is 6. The SMILES string of the molecule is N/C(=N\O)c1cccc(N2CCCCC2C(O)Nc2ccc(N3C(=O)C4CCC3CC4)cc2)c1. The summed E-state index contributed by atoms with van der Waals surface area (Å²) >= 11 is 0. The van der Waals surface area contributed by atoms with Crippen molar-refractivity contribution in [3.05, 3.63) is 54.1 Å². The lowest BCUT2D eigenvalue weighted by Crippen LogP contribution is -2.52. The number of benzene rings is 2. The molecule has 0 spiro atoms. The standard InChI is InChI=1S/C26H33N5O3/c27-24(29-34)18-4-3-5-22(16-18)30-15-2-1-6-23(30)25(32)28-19-9-13-21(14-10-19)31-20-11-7-17(8-12-20)26(31)33/h3-5,9-10,13-14,16-17,20,23,25,28,32,34H,1-2,6-8,11-12,15H2,(H2,27,29). The summed E-state index contributed by atoms with van der Waals surface area (Å²) in [5, 5.41) is 26.5. The van der Waals surface area contributed by atoms with Crippen molar-refractivity contribution in [1.82, 2.24) is 0 Å². The summed E-state index contributed by atoms with van der Waals surface area (Å²) in [7, 11) is 0. The van der Waals surface area contributed by atoms with Crippen molar-refractivity contribution in [2.75, 3.05) is 21.7 Å². The van der Waals surface area contributed by atoms with Gasteiger partial charge in [0.25, 0.3) is 0 Å². The Labute approximate surface area is 200 Å². The number of aliphatic hydroxyl groups is 1. The molecule has 34 heavy (non-hydrogen) atoms. The van der Waals surface area contributed by atoms with Gasteiger partial charge in [-0.3, -0.25) is 4.79 Å². The lowest BCUT2D eigenvalue weighted by Gasteiger charge is -2.44. The van der Waals surface area contributed by atoms with Gasteiger partial charge < -0.3 is 31.2 Å². The molecular weight excluding hydrogens is 430 g/mol. The van der Waals surface area contributed by atoms with Gasteiger partial charge in [0.1, 0.15) is 6.23 Å². The molecule has 8 nitrogen and oxygen atoms in total. The van der Waals surface area contributed by atoms with Gasteiger partial charge in [0.2, 0.25) is 5.91 Å². The van der Waals surface area contributed by atoms with Gasteiger partial charge in [0.05, 0.1) is 6.04 Å². The first kappa shape index (κ1) is 22.5. The summed E-state index contributed by atoms with van der Waals surface area (Å²) in [5.41, 5.74) is 9.12. The predicted molar refractivity (Wildman–Crippen MR) is 133 cm³/mol. The number of fused-ring (bicyclic) bond motifs is 3. The lowest BCUT2D eigenvalue weighted by molar-refractivity contribution is -0.126. The third kappa shape index (κ3) is 4.30. The minimum Gasteiger partial charge on any atom is -0.409 e. The maximum absolute atomic E-state index is 12.7. The average Bonchev–Trinajstić information content (AvgIpc) is 2.89. The van der Waals surface area contributed by atoms with Crippen LogP contribution in [0.3, 0.4) is 0 Å². The Hall–Kier alpha value is -3.26. The van der Waals surface area contributed by atoms with Crippen LogP contribution in [0.15, 0.2) is 53.7 Å². The fourth-order valence-electron chi connectivity index (χ4n) is 5.79. The number of amides is 1. The number of piperidine rings is 3. The number of nitrogens with one attached hydrogen (secondary N) is 1. The highest BCUT2D eigenvalue weighted by Crippen LogP contribution is 2.39. The predicted octanol–water partition coefficient (Wildman–Crippen LogP) is 3.48. The molecule has 4 fully saturated rings. The molecule has 3 saturated heterocycles. The number of nitrogens with two attached hydrogens (primary N) is 1. The van der Waals surface area contributed by atoms with Crippen molar-refractivity contribution in [3.63, 3.8) is 0 Å². The molecular formula is C26H33N5O3. The molecule has 0 radical (unpaired) electrons. The largest absolute Gasteiger partial charge is 0.409 e. The second kappa shape index (κ2) is 9.54. The Morgan fingerprint density at radius 3 is 2.50 bits per heavy atom. The average molecular weight is 464 g/mol. The maximum Gasteiger partial charge on any atom is 0.230 e. The zero-order valence-corrected chi connectivity index (χ0v) is 19.3. The molecule has 8 heteroatoms. The topological polar surface area (TPSA) is 114 Å². The van der Waals surface area contributed by atoms with Gasteiger partial charge in [-0.15, -0.1) is 0 Å². The molecule has 1 amide bonds. The highest BCUT2D eigenvalue weighted by atomic mass is 16.4. The number of carbonyl (C=O) groups excluding carboxylic acids is 1. The van der Waals surface area contributed by atoms with E-state index in [-0.39, 0.29) is 23.7 Å². The Morgan fingerprint density at radius 1 is 1.03 bits per heavy atom. The Kier molecular flexibility index (Phi) is 6.32. The van der Waals surface area contributed by atoms with E-state index in [0.717, 1.165) is 68.6 Å².